The first kappa shape index (κ1) is 11.5. The van der Waals surface area contributed by atoms with Crippen molar-refractivity contribution < 1.29 is 0 Å². The van der Waals surface area contributed by atoms with Gasteiger partial charge in [0.05, 0.1) is 5.69 Å². The van der Waals surface area contributed by atoms with Crippen molar-refractivity contribution in [3.05, 3.63) is 34.2 Å². The first-order chi connectivity index (χ1) is 6.20. The second kappa shape index (κ2) is 4.29. The van der Waals surface area contributed by atoms with Gasteiger partial charge >= 0.3 is 0 Å². The number of rotatable bonds is 1. The molecule has 0 saturated carbocycles. The molecule has 0 aliphatic carbocycles. The van der Waals surface area contributed by atoms with Gasteiger partial charge in [-0.3, -0.25) is 0 Å². The molecule has 0 aliphatic rings. The summed E-state index contributed by atoms with van der Waals surface area (Å²) < 4.78 is 3.04. The predicted octanol–water partition coefficient (Wildman–Crippen LogP) is 2.29. The van der Waals surface area contributed by atoms with Gasteiger partial charge in [-0.1, -0.05) is 0 Å². The summed E-state index contributed by atoms with van der Waals surface area (Å²) >= 11 is 3.43. The number of nitrogens with two attached hydrogens (primary N) is 1. The van der Waals surface area contributed by atoms with E-state index in [2.05, 4.69) is 20.9 Å². The first-order valence-electron chi connectivity index (χ1n) is 4.04. The first-order valence-corrected chi connectivity index (χ1v) is 4.84. The third kappa shape index (κ3) is 1.92. The molecule has 76 valence electrons. The number of halogens is 2. The standard InChI is InChI=1S/C9H10BrN3.ClH/c1-6-2-7(10)4-13-5-8(3-11)12-9(6)13;/h2,4-5H,3,11H2,1H3;1H. The SMILES string of the molecule is Cc1cc(Br)cn2cc(CN)nc12.Cl. The fraction of sp³-hybridized carbons (Fsp3) is 0.222. The molecular formula is C9H11BrClN3. The number of imidazole rings is 1. The Bertz CT molecular complexity index is 452. The molecule has 14 heavy (non-hydrogen) atoms. The van der Waals surface area contributed by atoms with Crippen LogP contribution in [0.2, 0.25) is 0 Å². The van der Waals surface area contributed by atoms with Crippen LogP contribution in [0.15, 0.2) is 22.9 Å². The third-order valence-corrected chi connectivity index (χ3v) is 2.39. The summed E-state index contributed by atoms with van der Waals surface area (Å²) in [4.78, 5) is 4.39. The van der Waals surface area contributed by atoms with Crippen molar-refractivity contribution in [1.29, 1.82) is 0 Å². The van der Waals surface area contributed by atoms with Gasteiger partial charge in [0.15, 0.2) is 0 Å². The second-order valence-corrected chi connectivity index (χ2v) is 3.92. The van der Waals surface area contributed by atoms with Crippen LogP contribution in [0.25, 0.3) is 5.65 Å². The summed E-state index contributed by atoms with van der Waals surface area (Å²) in [6.07, 6.45) is 3.93. The number of fused-ring (bicyclic) bond motifs is 1. The Kier molecular flexibility index (Phi) is 3.53. The number of hydrogen-bond donors (Lipinski definition) is 1. The molecular weight excluding hydrogens is 265 g/mol. The van der Waals surface area contributed by atoms with Crippen LogP contribution in [0, 0.1) is 6.92 Å². The van der Waals surface area contributed by atoms with Crippen molar-refractivity contribution in [1.82, 2.24) is 9.38 Å². The summed E-state index contributed by atoms with van der Waals surface area (Å²) in [5.41, 5.74) is 8.55. The van der Waals surface area contributed by atoms with Gasteiger partial charge in [0.1, 0.15) is 5.65 Å². The zero-order valence-corrected chi connectivity index (χ0v) is 10.1. The van der Waals surface area contributed by atoms with E-state index in [1.807, 2.05) is 29.8 Å². The van der Waals surface area contributed by atoms with E-state index in [0.29, 0.717) is 6.54 Å². The number of pyridine rings is 1. The molecule has 0 atom stereocenters. The molecule has 0 aromatic carbocycles. The lowest BCUT2D eigenvalue weighted by molar-refractivity contribution is 1.01. The Morgan fingerprint density at radius 1 is 1.50 bits per heavy atom. The molecule has 2 aromatic rings. The lowest BCUT2D eigenvalue weighted by Gasteiger charge is -1.97. The van der Waals surface area contributed by atoms with Crippen molar-refractivity contribution in [2.45, 2.75) is 13.5 Å². The molecule has 0 radical (unpaired) electrons. The highest BCUT2D eigenvalue weighted by atomic mass is 79.9. The van der Waals surface area contributed by atoms with Crippen LogP contribution in [0.3, 0.4) is 0 Å². The van der Waals surface area contributed by atoms with Gasteiger partial charge < -0.3 is 10.1 Å². The van der Waals surface area contributed by atoms with Crippen LogP contribution in [0.1, 0.15) is 11.3 Å². The van der Waals surface area contributed by atoms with Crippen LogP contribution in [0.4, 0.5) is 0 Å². The maximum Gasteiger partial charge on any atom is 0.140 e. The van der Waals surface area contributed by atoms with Gasteiger partial charge in [-0.15, -0.1) is 12.4 Å². The third-order valence-electron chi connectivity index (χ3n) is 1.96. The van der Waals surface area contributed by atoms with Gasteiger partial charge in [-0.25, -0.2) is 4.98 Å². The number of nitrogens with zero attached hydrogens (tertiary/aromatic N) is 2. The smallest absolute Gasteiger partial charge is 0.140 e. The molecule has 2 N–H and O–H groups in total. The molecule has 5 heteroatoms. The van der Waals surface area contributed by atoms with Crippen molar-refractivity contribution >= 4 is 34.0 Å². The predicted molar refractivity (Wildman–Crippen MR) is 62.8 cm³/mol. The van der Waals surface area contributed by atoms with Gasteiger partial charge in [0.25, 0.3) is 0 Å². The number of aromatic nitrogens is 2. The zero-order valence-electron chi connectivity index (χ0n) is 7.70. The number of aryl methyl sites for hydroxylation is 1. The minimum Gasteiger partial charge on any atom is -0.325 e. The highest BCUT2D eigenvalue weighted by Crippen LogP contribution is 2.16. The zero-order chi connectivity index (χ0) is 9.42. The molecule has 0 amide bonds. The van der Waals surface area contributed by atoms with Crippen molar-refractivity contribution in [3.8, 4) is 0 Å². The van der Waals surface area contributed by atoms with E-state index in [4.69, 9.17) is 5.73 Å². The van der Waals surface area contributed by atoms with E-state index in [-0.39, 0.29) is 12.4 Å². The van der Waals surface area contributed by atoms with Crippen LogP contribution in [0.5, 0.6) is 0 Å². The van der Waals surface area contributed by atoms with Crippen molar-refractivity contribution in [3.63, 3.8) is 0 Å². The fourth-order valence-corrected chi connectivity index (χ4v) is 1.94. The van der Waals surface area contributed by atoms with Crippen molar-refractivity contribution in [2.24, 2.45) is 5.73 Å². The Morgan fingerprint density at radius 2 is 2.21 bits per heavy atom. The average molecular weight is 277 g/mol. The summed E-state index contributed by atoms with van der Waals surface area (Å²) in [6.45, 7) is 2.52. The number of hydrogen-bond acceptors (Lipinski definition) is 2. The molecule has 2 aromatic heterocycles. The monoisotopic (exact) mass is 275 g/mol. The Balaban J connectivity index is 0.000000980. The summed E-state index contributed by atoms with van der Waals surface area (Å²) in [7, 11) is 0. The summed E-state index contributed by atoms with van der Waals surface area (Å²) in [5, 5.41) is 0. The summed E-state index contributed by atoms with van der Waals surface area (Å²) in [6, 6.07) is 2.04. The maximum absolute atomic E-state index is 5.51. The Labute approximate surface area is 96.9 Å². The van der Waals surface area contributed by atoms with Crippen LogP contribution in [-0.2, 0) is 6.54 Å². The molecule has 2 heterocycles. The van der Waals surface area contributed by atoms with Gasteiger partial charge in [0, 0.05) is 23.4 Å². The topological polar surface area (TPSA) is 43.3 Å². The highest BCUT2D eigenvalue weighted by Gasteiger charge is 2.03. The van der Waals surface area contributed by atoms with Crippen LogP contribution >= 0.6 is 28.3 Å². The van der Waals surface area contributed by atoms with Gasteiger partial charge in [0.2, 0.25) is 0 Å². The van der Waals surface area contributed by atoms with Crippen molar-refractivity contribution in [2.75, 3.05) is 0 Å². The van der Waals surface area contributed by atoms with Gasteiger partial charge in [-0.2, -0.15) is 0 Å². The lowest BCUT2D eigenvalue weighted by atomic mass is 10.3. The Morgan fingerprint density at radius 3 is 2.86 bits per heavy atom. The Hall–Kier alpha value is -0.580. The van der Waals surface area contributed by atoms with E-state index < -0.39 is 0 Å². The molecule has 0 unspecified atom stereocenters. The minimum absolute atomic E-state index is 0. The van der Waals surface area contributed by atoms with Crippen LogP contribution < -0.4 is 5.73 Å². The molecule has 3 nitrogen and oxygen atoms in total. The van der Waals surface area contributed by atoms with E-state index in [0.717, 1.165) is 21.4 Å². The lowest BCUT2D eigenvalue weighted by Crippen LogP contribution is -1.95. The van der Waals surface area contributed by atoms with Gasteiger partial charge in [-0.05, 0) is 34.5 Å². The molecule has 0 saturated heterocycles. The van der Waals surface area contributed by atoms with Crippen LogP contribution in [-0.4, -0.2) is 9.38 Å². The minimum atomic E-state index is 0. The highest BCUT2D eigenvalue weighted by molar-refractivity contribution is 9.10. The molecule has 2 rings (SSSR count). The maximum atomic E-state index is 5.51. The fourth-order valence-electron chi connectivity index (χ4n) is 1.37. The van der Waals surface area contributed by atoms with E-state index in [1.54, 1.807) is 0 Å². The van der Waals surface area contributed by atoms with E-state index in [1.165, 1.54) is 0 Å². The second-order valence-electron chi connectivity index (χ2n) is 3.01. The van der Waals surface area contributed by atoms with E-state index >= 15 is 0 Å². The molecule has 0 aliphatic heterocycles. The molecule has 0 bridgehead atoms. The normalized spacial score (nSPS) is 10.2. The van der Waals surface area contributed by atoms with E-state index in [9.17, 15) is 0 Å². The summed E-state index contributed by atoms with van der Waals surface area (Å²) in [5.74, 6) is 0. The molecule has 0 spiro atoms. The quantitative estimate of drug-likeness (QED) is 0.868. The average Bonchev–Trinajstić information content (AvgIpc) is 2.47. The molecule has 0 fully saturated rings. The largest absolute Gasteiger partial charge is 0.325 e.